The van der Waals surface area contributed by atoms with Crippen molar-refractivity contribution in [2.75, 3.05) is 0 Å². The van der Waals surface area contributed by atoms with Crippen molar-refractivity contribution >= 4 is 11.5 Å². The lowest BCUT2D eigenvalue weighted by Crippen LogP contribution is -2.44. The molecule has 116 valence electrons. The second kappa shape index (κ2) is 5.23. The Morgan fingerprint density at radius 2 is 1.91 bits per heavy atom. The predicted octanol–water partition coefficient (Wildman–Crippen LogP) is 3.45. The summed E-state index contributed by atoms with van der Waals surface area (Å²) in [7, 11) is 0. The fourth-order valence-corrected chi connectivity index (χ4v) is 3.22. The number of ether oxygens (including phenoxy) is 1. The fourth-order valence-electron chi connectivity index (χ4n) is 3.22. The van der Waals surface area contributed by atoms with Gasteiger partial charge in [0.15, 0.2) is 5.78 Å². The Kier molecular flexibility index (Phi) is 3.18. The Hall–Kier alpha value is -2.62. The highest BCUT2D eigenvalue weighted by atomic mass is 16.5. The van der Waals surface area contributed by atoms with Crippen molar-refractivity contribution in [2.24, 2.45) is 5.10 Å². The normalized spacial score (nSPS) is 22.0. The molecule has 0 saturated heterocycles. The first kappa shape index (κ1) is 14.0. The van der Waals surface area contributed by atoms with Crippen molar-refractivity contribution < 1.29 is 9.53 Å². The standard InChI is InChI=1S/C19H18N2O2/c1-12-7-9-14(10-8-12)16-11-17-15-5-3-4-6-18(15)23-19(13(2)22)21(17)20-16/h3-10,17,19H,11H2,1-2H3/t17-,19-/m1/s1. The topological polar surface area (TPSA) is 41.9 Å². The molecule has 2 heterocycles. The van der Waals surface area contributed by atoms with E-state index in [2.05, 4.69) is 37.3 Å². The van der Waals surface area contributed by atoms with Crippen LogP contribution in [0.2, 0.25) is 0 Å². The van der Waals surface area contributed by atoms with E-state index < -0.39 is 6.23 Å². The van der Waals surface area contributed by atoms with Crippen LogP contribution in [0.3, 0.4) is 0 Å². The van der Waals surface area contributed by atoms with Crippen LogP contribution in [0.4, 0.5) is 0 Å². The van der Waals surface area contributed by atoms with Gasteiger partial charge in [-0.05, 0) is 18.6 Å². The summed E-state index contributed by atoms with van der Waals surface area (Å²) in [6, 6.07) is 16.3. The average molecular weight is 306 g/mol. The number of hydrazone groups is 1. The zero-order chi connectivity index (χ0) is 16.0. The van der Waals surface area contributed by atoms with E-state index in [0.29, 0.717) is 0 Å². The van der Waals surface area contributed by atoms with Gasteiger partial charge in [0.1, 0.15) is 5.75 Å². The lowest BCUT2D eigenvalue weighted by Gasteiger charge is -2.36. The number of aryl methyl sites for hydroxylation is 1. The number of carbonyl (C=O) groups excluding carboxylic acids is 1. The van der Waals surface area contributed by atoms with E-state index in [0.717, 1.165) is 29.0 Å². The van der Waals surface area contributed by atoms with E-state index in [4.69, 9.17) is 9.84 Å². The first-order valence-electron chi connectivity index (χ1n) is 7.82. The molecule has 2 aliphatic heterocycles. The molecule has 0 amide bonds. The minimum absolute atomic E-state index is 0.0293. The summed E-state index contributed by atoms with van der Waals surface area (Å²) in [6.07, 6.45) is 0.144. The predicted molar refractivity (Wildman–Crippen MR) is 88.5 cm³/mol. The Morgan fingerprint density at radius 3 is 2.65 bits per heavy atom. The van der Waals surface area contributed by atoms with Crippen molar-refractivity contribution in [2.45, 2.75) is 32.5 Å². The van der Waals surface area contributed by atoms with Crippen molar-refractivity contribution in [3.63, 3.8) is 0 Å². The number of fused-ring (bicyclic) bond motifs is 3. The van der Waals surface area contributed by atoms with Crippen molar-refractivity contribution in [1.82, 2.24) is 5.01 Å². The number of Topliss-reactive ketones (excluding diaryl/α,β-unsaturated/α-hetero) is 1. The summed E-state index contributed by atoms with van der Waals surface area (Å²) in [5.41, 5.74) is 4.42. The number of rotatable bonds is 2. The molecule has 0 saturated carbocycles. The minimum atomic E-state index is -0.641. The Bertz CT molecular complexity index is 795. The van der Waals surface area contributed by atoms with Gasteiger partial charge in [-0.1, -0.05) is 48.0 Å². The average Bonchev–Trinajstić information content (AvgIpc) is 3.00. The van der Waals surface area contributed by atoms with E-state index in [1.165, 1.54) is 5.56 Å². The van der Waals surface area contributed by atoms with Gasteiger partial charge < -0.3 is 4.74 Å². The zero-order valence-corrected chi connectivity index (χ0v) is 13.2. The Labute approximate surface area is 135 Å². The van der Waals surface area contributed by atoms with Crippen LogP contribution in [0.25, 0.3) is 0 Å². The molecule has 2 atom stereocenters. The molecule has 0 aliphatic carbocycles. The number of hydrogen-bond acceptors (Lipinski definition) is 4. The molecule has 0 spiro atoms. The molecule has 23 heavy (non-hydrogen) atoms. The van der Waals surface area contributed by atoms with Gasteiger partial charge in [0.2, 0.25) is 6.23 Å². The molecular formula is C19H18N2O2. The molecule has 2 aliphatic rings. The van der Waals surface area contributed by atoms with Crippen molar-refractivity contribution in [3.8, 4) is 5.75 Å². The van der Waals surface area contributed by atoms with E-state index in [9.17, 15) is 4.79 Å². The largest absolute Gasteiger partial charge is 0.461 e. The quantitative estimate of drug-likeness (QED) is 0.853. The number of para-hydroxylation sites is 1. The third kappa shape index (κ3) is 2.31. The summed E-state index contributed by atoms with van der Waals surface area (Å²) in [4.78, 5) is 12.0. The number of benzene rings is 2. The molecule has 0 N–H and O–H groups in total. The highest BCUT2D eigenvalue weighted by Crippen LogP contribution is 2.42. The smallest absolute Gasteiger partial charge is 0.246 e. The maximum atomic E-state index is 12.0. The monoisotopic (exact) mass is 306 g/mol. The van der Waals surface area contributed by atoms with Crippen LogP contribution in [0.1, 0.15) is 36.1 Å². The summed E-state index contributed by atoms with van der Waals surface area (Å²) >= 11 is 0. The Morgan fingerprint density at radius 1 is 1.17 bits per heavy atom. The van der Waals surface area contributed by atoms with Gasteiger partial charge in [-0.2, -0.15) is 5.10 Å². The highest BCUT2D eigenvalue weighted by Gasteiger charge is 2.41. The van der Waals surface area contributed by atoms with Gasteiger partial charge in [-0.15, -0.1) is 0 Å². The van der Waals surface area contributed by atoms with Gasteiger partial charge in [-0.3, -0.25) is 4.79 Å². The summed E-state index contributed by atoms with van der Waals surface area (Å²) in [5, 5.41) is 6.53. The molecule has 4 rings (SSSR count). The van der Waals surface area contributed by atoms with Crippen molar-refractivity contribution in [3.05, 3.63) is 65.2 Å². The number of nitrogens with zero attached hydrogens (tertiary/aromatic N) is 2. The summed E-state index contributed by atoms with van der Waals surface area (Å²) in [6.45, 7) is 3.62. The van der Waals surface area contributed by atoms with E-state index >= 15 is 0 Å². The van der Waals surface area contributed by atoms with Crippen LogP contribution in [-0.4, -0.2) is 22.7 Å². The van der Waals surface area contributed by atoms with Gasteiger partial charge in [0.25, 0.3) is 0 Å². The summed E-state index contributed by atoms with van der Waals surface area (Å²) in [5.74, 6) is 0.757. The van der Waals surface area contributed by atoms with Gasteiger partial charge >= 0.3 is 0 Å². The molecule has 0 bridgehead atoms. The number of ketones is 1. The molecule has 4 heteroatoms. The van der Waals surface area contributed by atoms with Gasteiger partial charge in [0.05, 0.1) is 11.8 Å². The minimum Gasteiger partial charge on any atom is -0.461 e. The molecule has 0 radical (unpaired) electrons. The maximum Gasteiger partial charge on any atom is 0.246 e. The maximum absolute atomic E-state index is 12.0. The number of hydrogen-bond donors (Lipinski definition) is 0. The molecule has 0 fully saturated rings. The lowest BCUT2D eigenvalue weighted by molar-refractivity contribution is -0.135. The van der Waals surface area contributed by atoms with Gasteiger partial charge in [0, 0.05) is 18.9 Å². The zero-order valence-electron chi connectivity index (χ0n) is 13.2. The molecule has 2 aromatic carbocycles. The van der Waals surface area contributed by atoms with E-state index in [-0.39, 0.29) is 11.8 Å². The van der Waals surface area contributed by atoms with Crippen LogP contribution < -0.4 is 4.74 Å². The third-order valence-electron chi connectivity index (χ3n) is 4.43. The van der Waals surface area contributed by atoms with Crippen LogP contribution >= 0.6 is 0 Å². The third-order valence-corrected chi connectivity index (χ3v) is 4.43. The van der Waals surface area contributed by atoms with Crippen LogP contribution in [0.15, 0.2) is 53.6 Å². The van der Waals surface area contributed by atoms with Gasteiger partial charge in [-0.25, -0.2) is 5.01 Å². The van der Waals surface area contributed by atoms with E-state index in [1.54, 1.807) is 6.92 Å². The number of carbonyl (C=O) groups is 1. The molecule has 0 unspecified atom stereocenters. The van der Waals surface area contributed by atoms with Crippen LogP contribution in [-0.2, 0) is 4.79 Å². The van der Waals surface area contributed by atoms with Crippen LogP contribution in [0, 0.1) is 6.92 Å². The second-order valence-electron chi connectivity index (χ2n) is 6.13. The fraction of sp³-hybridized carbons (Fsp3) is 0.263. The lowest BCUT2D eigenvalue weighted by atomic mass is 9.96. The Balaban J connectivity index is 1.75. The molecular weight excluding hydrogens is 288 g/mol. The molecule has 0 aromatic heterocycles. The highest BCUT2D eigenvalue weighted by molar-refractivity contribution is 6.02. The molecule has 2 aromatic rings. The second-order valence-corrected chi connectivity index (χ2v) is 6.13. The molecule has 4 nitrogen and oxygen atoms in total. The first-order valence-corrected chi connectivity index (χ1v) is 7.82. The van der Waals surface area contributed by atoms with E-state index in [1.807, 2.05) is 23.2 Å². The van der Waals surface area contributed by atoms with Crippen molar-refractivity contribution in [1.29, 1.82) is 0 Å². The first-order chi connectivity index (χ1) is 11.1. The van der Waals surface area contributed by atoms with Crippen LogP contribution in [0.5, 0.6) is 5.75 Å². The summed E-state index contributed by atoms with van der Waals surface area (Å²) < 4.78 is 5.88. The SMILES string of the molecule is CC(=O)[C@H]1Oc2ccccc2[C@H]2CC(c3ccc(C)cc3)=NN12.